The van der Waals surface area contributed by atoms with Gasteiger partial charge in [-0.3, -0.25) is 14.5 Å². The summed E-state index contributed by atoms with van der Waals surface area (Å²) in [5.74, 6) is 1.10. The molecule has 2 aliphatic rings. The van der Waals surface area contributed by atoms with Crippen LogP contribution in [0.1, 0.15) is 93.0 Å². The smallest absolute Gasteiger partial charge is 0.307 e. The third-order valence-electron chi connectivity index (χ3n) is 9.41. The molecular formula is C38H51N5O5. The summed E-state index contributed by atoms with van der Waals surface area (Å²) in [5.41, 5.74) is 3.90. The Balaban J connectivity index is 1.29. The minimum atomic E-state index is -0.734. The van der Waals surface area contributed by atoms with Crippen LogP contribution in [-0.2, 0) is 4.79 Å². The number of piperidine rings is 1. The minimum absolute atomic E-state index is 0.0123. The fourth-order valence-electron chi connectivity index (χ4n) is 6.89. The van der Waals surface area contributed by atoms with Crippen LogP contribution in [0.4, 0.5) is 11.6 Å². The molecule has 10 heteroatoms. The Bertz CT molecular complexity index is 1570. The molecule has 0 bridgehead atoms. The van der Waals surface area contributed by atoms with Crippen LogP contribution in [-0.4, -0.2) is 65.3 Å². The first-order valence-corrected chi connectivity index (χ1v) is 17.3. The summed E-state index contributed by atoms with van der Waals surface area (Å²) in [4.78, 5) is 44.1. The number of anilines is 2. The van der Waals surface area contributed by atoms with Crippen molar-refractivity contribution in [2.45, 2.75) is 79.6 Å². The highest BCUT2D eigenvalue weighted by Gasteiger charge is 2.40. The van der Waals surface area contributed by atoms with Gasteiger partial charge in [0.1, 0.15) is 5.75 Å². The maximum absolute atomic E-state index is 14.4. The first kappa shape index (κ1) is 35.1. The van der Waals surface area contributed by atoms with Gasteiger partial charge in [-0.15, -0.1) is 0 Å². The van der Waals surface area contributed by atoms with Gasteiger partial charge in [0.25, 0.3) is 5.91 Å². The highest BCUT2D eigenvalue weighted by Crippen LogP contribution is 2.48. The summed E-state index contributed by atoms with van der Waals surface area (Å²) in [6.45, 7) is 14.6. The van der Waals surface area contributed by atoms with Gasteiger partial charge in [0.05, 0.1) is 30.9 Å². The van der Waals surface area contributed by atoms with Gasteiger partial charge in [0.2, 0.25) is 11.8 Å². The number of rotatable bonds is 13. The Labute approximate surface area is 284 Å². The molecule has 0 spiro atoms. The molecule has 48 heavy (non-hydrogen) atoms. The molecule has 2 aromatic heterocycles. The Morgan fingerprint density at radius 1 is 1.02 bits per heavy atom. The number of carboxylic acids is 1. The molecule has 10 nitrogen and oxygen atoms in total. The summed E-state index contributed by atoms with van der Waals surface area (Å²) in [6.07, 6.45) is 6.25. The van der Waals surface area contributed by atoms with Crippen LogP contribution in [0.5, 0.6) is 11.6 Å². The van der Waals surface area contributed by atoms with Crippen molar-refractivity contribution in [3.8, 4) is 11.6 Å². The normalized spacial score (nSPS) is 16.7. The Hall–Kier alpha value is -4.21. The molecule has 3 heterocycles. The number of pyridine rings is 1. The molecule has 2 atom stereocenters. The van der Waals surface area contributed by atoms with Crippen molar-refractivity contribution in [3.63, 3.8) is 0 Å². The van der Waals surface area contributed by atoms with Crippen LogP contribution in [0.15, 0.2) is 42.6 Å². The second kappa shape index (κ2) is 14.9. The number of hydrogen-bond donors (Lipinski definition) is 1. The number of ether oxygens (including phenoxy) is 2. The van der Waals surface area contributed by atoms with E-state index in [1.54, 1.807) is 18.2 Å². The number of aromatic nitrogens is 3. The van der Waals surface area contributed by atoms with Crippen molar-refractivity contribution in [2.24, 2.45) is 23.2 Å². The van der Waals surface area contributed by atoms with E-state index in [0.717, 1.165) is 61.4 Å². The lowest BCUT2D eigenvalue weighted by Gasteiger charge is -2.35. The topological polar surface area (TPSA) is 118 Å². The van der Waals surface area contributed by atoms with Crippen molar-refractivity contribution < 1.29 is 24.2 Å². The molecule has 0 radical (unpaired) electrons. The van der Waals surface area contributed by atoms with Gasteiger partial charge in [-0.05, 0) is 93.0 Å². The van der Waals surface area contributed by atoms with Crippen LogP contribution in [0.2, 0.25) is 0 Å². The molecule has 2 fully saturated rings. The first-order chi connectivity index (χ1) is 22.9. The number of methoxy groups -OCH3 is 1. The molecule has 1 saturated heterocycles. The van der Waals surface area contributed by atoms with Gasteiger partial charge in [-0.2, -0.15) is 0 Å². The van der Waals surface area contributed by atoms with E-state index in [-0.39, 0.29) is 17.2 Å². The van der Waals surface area contributed by atoms with E-state index in [1.807, 2.05) is 57.2 Å². The number of carbonyl (C=O) groups excluding carboxylic acids is 1. The lowest BCUT2D eigenvalue weighted by molar-refractivity contribution is -0.142. The third kappa shape index (κ3) is 8.62. The molecule has 258 valence electrons. The van der Waals surface area contributed by atoms with Crippen molar-refractivity contribution >= 4 is 23.5 Å². The van der Waals surface area contributed by atoms with E-state index in [1.165, 1.54) is 0 Å². The summed E-state index contributed by atoms with van der Waals surface area (Å²) >= 11 is 0. The molecule has 1 saturated carbocycles. The summed E-state index contributed by atoms with van der Waals surface area (Å²) in [7, 11) is 1.64. The number of aryl methyl sites for hydroxylation is 2. The maximum Gasteiger partial charge on any atom is 0.307 e. The third-order valence-corrected chi connectivity index (χ3v) is 9.41. The van der Waals surface area contributed by atoms with Crippen LogP contribution < -0.4 is 19.3 Å². The van der Waals surface area contributed by atoms with Crippen molar-refractivity contribution in [1.82, 2.24) is 15.0 Å². The van der Waals surface area contributed by atoms with Gasteiger partial charge in [0.15, 0.2) is 0 Å². The van der Waals surface area contributed by atoms with Crippen LogP contribution >= 0.6 is 0 Å². The minimum Gasteiger partial charge on any atom is -0.497 e. The van der Waals surface area contributed by atoms with E-state index in [4.69, 9.17) is 9.47 Å². The molecule has 5 rings (SSSR count). The number of benzene rings is 1. The Kier molecular flexibility index (Phi) is 10.9. The van der Waals surface area contributed by atoms with Gasteiger partial charge >= 0.3 is 5.97 Å². The van der Waals surface area contributed by atoms with Crippen LogP contribution in [0.25, 0.3) is 0 Å². The van der Waals surface area contributed by atoms with Gasteiger partial charge < -0.3 is 19.5 Å². The number of carboxylic acid groups (broad SMARTS) is 1. The fraction of sp³-hybridized carbons (Fsp3) is 0.553. The van der Waals surface area contributed by atoms with Crippen molar-refractivity contribution in [3.05, 3.63) is 65.1 Å². The Morgan fingerprint density at radius 2 is 1.71 bits per heavy atom. The molecule has 1 N–H and O–H groups in total. The average molecular weight is 658 g/mol. The van der Waals surface area contributed by atoms with E-state index < -0.39 is 11.9 Å². The highest BCUT2D eigenvalue weighted by molar-refractivity contribution is 6.09. The lowest BCUT2D eigenvalue weighted by atomic mass is 9.81. The maximum atomic E-state index is 14.4. The number of amides is 1. The standard InChI is InChI=1S/C38H51N5O5/c1-8-30(36(45)46)34(27-9-10-27)28-13-16-39-33(20-28)48-22-26-14-17-42(18-15-26)32-21-29(47-7)11-12-31(32)35(44)43(23-38(4,5)6)37-40-24(2)19-25(3)41-37/h11-13,16,19-21,26-27,30,34H,8-10,14-15,17-18,22-23H2,1-7H3,(H,45,46)/t30?,34-/m1/s1. The molecular weight excluding hydrogens is 606 g/mol. The predicted molar refractivity (Wildman–Crippen MR) is 187 cm³/mol. The molecule has 3 aromatic rings. The van der Waals surface area contributed by atoms with Crippen molar-refractivity contribution in [2.75, 3.05) is 43.2 Å². The predicted octanol–water partition coefficient (Wildman–Crippen LogP) is 7.09. The summed E-state index contributed by atoms with van der Waals surface area (Å²) < 4.78 is 11.8. The Morgan fingerprint density at radius 3 is 2.29 bits per heavy atom. The first-order valence-electron chi connectivity index (χ1n) is 17.3. The molecule has 1 aliphatic carbocycles. The van der Waals surface area contributed by atoms with E-state index in [0.29, 0.717) is 54.5 Å². The SMILES string of the molecule is CCC(C(=O)O)[C@@H](c1ccnc(OCC2CCN(c3cc(OC)ccc3C(=O)N(CC(C)(C)C)c3nc(C)cc(C)n3)CC2)c1)C1CC1. The van der Waals surface area contributed by atoms with Gasteiger partial charge in [-0.25, -0.2) is 15.0 Å². The summed E-state index contributed by atoms with van der Waals surface area (Å²) in [5, 5.41) is 9.86. The second-order valence-electron chi connectivity index (χ2n) is 14.7. The zero-order valence-corrected chi connectivity index (χ0v) is 29.5. The van der Waals surface area contributed by atoms with E-state index in [2.05, 4.69) is 40.6 Å². The zero-order valence-electron chi connectivity index (χ0n) is 29.5. The van der Waals surface area contributed by atoms with E-state index >= 15 is 0 Å². The lowest BCUT2D eigenvalue weighted by Crippen LogP contribution is -2.41. The largest absolute Gasteiger partial charge is 0.497 e. The van der Waals surface area contributed by atoms with Gasteiger partial charge in [0, 0.05) is 55.3 Å². The quantitative estimate of drug-likeness (QED) is 0.206. The number of aliphatic carboxylic acids is 1. The molecule has 1 aromatic carbocycles. The van der Waals surface area contributed by atoms with Gasteiger partial charge in [-0.1, -0.05) is 27.7 Å². The highest BCUT2D eigenvalue weighted by atomic mass is 16.5. The second-order valence-corrected chi connectivity index (χ2v) is 14.7. The monoisotopic (exact) mass is 657 g/mol. The molecule has 1 aliphatic heterocycles. The van der Waals surface area contributed by atoms with Crippen molar-refractivity contribution in [1.29, 1.82) is 0 Å². The molecule has 1 unspecified atom stereocenters. The van der Waals surface area contributed by atoms with E-state index in [9.17, 15) is 14.7 Å². The van der Waals surface area contributed by atoms with Crippen LogP contribution in [0.3, 0.4) is 0 Å². The average Bonchev–Trinajstić information content (AvgIpc) is 3.89. The number of nitrogens with zero attached hydrogens (tertiary/aromatic N) is 5. The number of carbonyl (C=O) groups is 2. The number of hydrogen-bond acceptors (Lipinski definition) is 8. The summed E-state index contributed by atoms with van der Waals surface area (Å²) in [6, 6.07) is 11.4. The molecule has 1 amide bonds. The van der Waals surface area contributed by atoms with Crippen LogP contribution in [0, 0.1) is 37.0 Å². The fourth-order valence-corrected chi connectivity index (χ4v) is 6.89. The zero-order chi connectivity index (χ0) is 34.6.